The Morgan fingerprint density at radius 2 is 1.37 bits per heavy atom. The number of halogens is 5. The number of nitrogens with zero attached hydrogens (tertiary/aromatic N) is 2. The molecule has 2 aromatic rings. The van der Waals surface area contributed by atoms with E-state index in [2.05, 4.69) is 4.18 Å². The SMILES string of the molecule is CCOC(=O)c1cc(Cl)c([N+](=O)[O-])c(OCC(COc2cc(C(=O)OCC)cc([N+](=O)[O-])c2Cl)OS(=O)(=O)C(F)(F)F)c1. The van der Waals surface area contributed by atoms with Gasteiger partial charge in [-0.3, -0.25) is 24.4 Å². The van der Waals surface area contributed by atoms with Crippen molar-refractivity contribution in [1.29, 1.82) is 0 Å². The highest BCUT2D eigenvalue weighted by Crippen LogP contribution is 2.38. The second-order valence-electron chi connectivity index (χ2n) is 7.81. The third-order valence-electron chi connectivity index (χ3n) is 4.85. The first-order chi connectivity index (χ1) is 19.9. The van der Waals surface area contributed by atoms with Gasteiger partial charge in [-0.2, -0.15) is 21.6 Å². The molecule has 0 saturated carbocycles. The predicted molar refractivity (Wildman–Crippen MR) is 139 cm³/mol. The van der Waals surface area contributed by atoms with Crippen LogP contribution in [0.15, 0.2) is 24.3 Å². The van der Waals surface area contributed by atoms with Crippen LogP contribution in [0.4, 0.5) is 24.5 Å². The Morgan fingerprint density at radius 3 is 1.84 bits per heavy atom. The normalized spacial score (nSPS) is 12.3. The van der Waals surface area contributed by atoms with E-state index in [-0.39, 0.29) is 18.8 Å². The fourth-order valence-corrected chi connectivity index (χ4v) is 4.14. The first-order valence-electron chi connectivity index (χ1n) is 11.5. The van der Waals surface area contributed by atoms with Crippen LogP contribution in [0.2, 0.25) is 10.0 Å². The molecular formula is C22H19Cl2F3N2O13S. The monoisotopic (exact) mass is 678 g/mol. The lowest BCUT2D eigenvalue weighted by molar-refractivity contribution is -0.385. The summed E-state index contributed by atoms with van der Waals surface area (Å²) in [7, 11) is -6.34. The van der Waals surface area contributed by atoms with Crippen LogP contribution in [0, 0.1) is 20.2 Å². The molecule has 0 heterocycles. The first-order valence-corrected chi connectivity index (χ1v) is 13.6. The molecule has 236 valence electrons. The summed E-state index contributed by atoms with van der Waals surface area (Å²) in [5.74, 6) is -3.53. The Morgan fingerprint density at radius 1 is 0.884 bits per heavy atom. The minimum atomic E-state index is -6.34. The number of ether oxygens (including phenoxy) is 4. The van der Waals surface area contributed by atoms with Crippen LogP contribution < -0.4 is 9.47 Å². The van der Waals surface area contributed by atoms with E-state index in [4.69, 9.17) is 42.1 Å². The Labute approximate surface area is 249 Å². The molecule has 0 amide bonds. The van der Waals surface area contributed by atoms with E-state index >= 15 is 0 Å². The lowest BCUT2D eigenvalue weighted by Crippen LogP contribution is -2.36. The number of rotatable bonds is 14. The molecule has 43 heavy (non-hydrogen) atoms. The van der Waals surface area contributed by atoms with Crippen molar-refractivity contribution in [2.75, 3.05) is 26.4 Å². The van der Waals surface area contributed by atoms with Gasteiger partial charge < -0.3 is 18.9 Å². The van der Waals surface area contributed by atoms with Crippen molar-refractivity contribution in [3.63, 3.8) is 0 Å². The lowest BCUT2D eigenvalue weighted by Gasteiger charge is -2.20. The van der Waals surface area contributed by atoms with E-state index in [0.717, 1.165) is 24.3 Å². The third kappa shape index (κ3) is 9.02. The van der Waals surface area contributed by atoms with Gasteiger partial charge in [-0.15, -0.1) is 0 Å². The van der Waals surface area contributed by atoms with Crippen LogP contribution in [-0.2, 0) is 23.8 Å². The van der Waals surface area contributed by atoms with E-state index in [1.807, 2.05) is 0 Å². The zero-order chi connectivity index (χ0) is 32.7. The number of nitro groups is 2. The topological polar surface area (TPSA) is 201 Å². The van der Waals surface area contributed by atoms with Crippen molar-refractivity contribution >= 4 is 56.6 Å². The molecule has 0 fully saturated rings. The highest BCUT2D eigenvalue weighted by Gasteiger charge is 2.49. The van der Waals surface area contributed by atoms with Crippen molar-refractivity contribution in [2.24, 2.45) is 0 Å². The first kappa shape index (κ1) is 35.3. The highest BCUT2D eigenvalue weighted by atomic mass is 35.5. The van der Waals surface area contributed by atoms with Gasteiger partial charge in [0.05, 0.1) is 34.2 Å². The molecule has 0 saturated heterocycles. The van der Waals surface area contributed by atoms with Crippen molar-refractivity contribution in [1.82, 2.24) is 0 Å². The van der Waals surface area contributed by atoms with Crippen molar-refractivity contribution in [2.45, 2.75) is 25.5 Å². The maximum Gasteiger partial charge on any atom is 0.523 e. The zero-order valence-corrected chi connectivity index (χ0v) is 24.0. The summed E-state index contributed by atoms with van der Waals surface area (Å²) in [6.45, 7) is 0.219. The van der Waals surface area contributed by atoms with E-state index in [1.165, 1.54) is 13.8 Å². The summed E-state index contributed by atoms with van der Waals surface area (Å²) in [5.41, 5.74) is -8.58. The minimum absolute atomic E-state index is 0.107. The van der Waals surface area contributed by atoms with Gasteiger partial charge in [0.2, 0.25) is 0 Å². The molecule has 0 aliphatic heterocycles. The minimum Gasteiger partial charge on any atom is -0.489 e. The summed E-state index contributed by atoms with van der Waals surface area (Å²) in [6.07, 6.45) is -2.27. The molecule has 2 aromatic carbocycles. The molecule has 1 unspecified atom stereocenters. The molecule has 0 N–H and O–H groups in total. The summed E-state index contributed by atoms with van der Waals surface area (Å²) in [4.78, 5) is 45.1. The van der Waals surface area contributed by atoms with E-state index in [1.54, 1.807) is 0 Å². The number of hydrogen-bond acceptors (Lipinski definition) is 13. The second kappa shape index (κ2) is 14.5. The standard InChI is InChI=1S/C22H19Cl2F3N2O13S/c1-3-38-20(30)11-5-14(23)19(29(34)35)17(8-11)41-10-13(42-43(36,37)22(25,26)27)9-40-16-7-12(21(31)39-4-2)6-15(18(16)24)28(32)33/h5-8,13H,3-4,9-10H2,1-2H3. The van der Waals surface area contributed by atoms with Crippen LogP contribution in [0.1, 0.15) is 34.6 Å². The van der Waals surface area contributed by atoms with E-state index in [9.17, 15) is 51.4 Å². The quantitative estimate of drug-likeness (QED) is 0.0863. The molecule has 15 nitrogen and oxygen atoms in total. The van der Waals surface area contributed by atoms with Crippen LogP contribution in [0.3, 0.4) is 0 Å². The number of hydrogen-bond donors (Lipinski definition) is 0. The predicted octanol–water partition coefficient (Wildman–Crippen LogP) is 4.86. The van der Waals surface area contributed by atoms with Crippen molar-refractivity contribution < 1.29 is 64.2 Å². The molecule has 0 radical (unpaired) electrons. The van der Waals surface area contributed by atoms with E-state index < -0.39 is 95.2 Å². The molecule has 21 heteroatoms. The van der Waals surface area contributed by atoms with Gasteiger partial charge >= 0.3 is 33.3 Å². The van der Waals surface area contributed by atoms with Gasteiger partial charge in [0, 0.05) is 12.1 Å². The highest BCUT2D eigenvalue weighted by molar-refractivity contribution is 7.87. The molecule has 0 aromatic heterocycles. The number of benzene rings is 2. The summed E-state index contributed by atoms with van der Waals surface area (Å²) in [5, 5.41) is 21.6. The largest absolute Gasteiger partial charge is 0.523 e. The number of carbonyl (C=O) groups is 2. The maximum absolute atomic E-state index is 13.1. The fourth-order valence-electron chi connectivity index (χ4n) is 3.05. The number of esters is 2. The number of carbonyl (C=O) groups excluding carboxylic acids is 2. The summed E-state index contributed by atoms with van der Waals surface area (Å²) >= 11 is 11.8. The number of alkyl halides is 3. The third-order valence-corrected chi connectivity index (χ3v) is 6.61. The van der Waals surface area contributed by atoms with Gasteiger partial charge in [0.15, 0.2) is 10.8 Å². The molecule has 0 aliphatic rings. The van der Waals surface area contributed by atoms with Gasteiger partial charge in [-0.25, -0.2) is 9.59 Å². The van der Waals surface area contributed by atoms with Crippen molar-refractivity contribution in [3.8, 4) is 11.5 Å². The average Bonchev–Trinajstić information content (AvgIpc) is 2.89. The summed E-state index contributed by atoms with van der Waals surface area (Å²) in [6, 6.07) is 3.19. The van der Waals surface area contributed by atoms with Gasteiger partial charge in [0.1, 0.15) is 30.1 Å². The molecule has 0 spiro atoms. The fraction of sp³-hybridized carbons (Fsp3) is 0.364. The van der Waals surface area contributed by atoms with Crippen LogP contribution in [-0.4, -0.2) is 68.2 Å². The Hall–Kier alpha value is -3.94. The van der Waals surface area contributed by atoms with Crippen molar-refractivity contribution in [3.05, 3.63) is 65.7 Å². The molecule has 1 atom stereocenters. The smallest absolute Gasteiger partial charge is 0.489 e. The average molecular weight is 679 g/mol. The maximum atomic E-state index is 13.1. The zero-order valence-electron chi connectivity index (χ0n) is 21.7. The Bertz CT molecular complexity index is 1520. The molecule has 0 bridgehead atoms. The Balaban J connectivity index is 2.50. The van der Waals surface area contributed by atoms with Gasteiger partial charge in [0.25, 0.3) is 5.69 Å². The van der Waals surface area contributed by atoms with Crippen LogP contribution in [0.5, 0.6) is 11.5 Å². The van der Waals surface area contributed by atoms with Gasteiger partial charge in [-0.05, 0) is 26.0 Å². The van der Waals surface area contributed by atoms with Gasteiger partial charge in [-0.1, -0.05) is 23.2 Å². The molecular weight excluding hydrogens is 660 g/mol. The second-order valence-corrected chi connectivity index (χ2v) is 10.2. The van der Waals surface area contributed by atoms with Crippen LogP contribution >= 0.6 is 23.2 Å². The Kier molecular flexibility index (Phi) is 11.9. The summed E-state index contributed by atoms with van der Waals surface area (Å²) < 4.78 is 86.7. The van der Waals surface area contributed by atoms with E-state index in [0.29, 0.717) is 0 Å². The van der Waals surface area contributed by atoms with Crippen LogP contribution in [0.25, 0.3) is 0 Å². The molecule has 2 rings (SSSR count). The molecule has 0 aliphatic carbocycles. The lowest BCUT2D eigenvalue weighted by atomic mass is 10.2. The number of nitro benzene ring substituents is 2.